The maximum absolute atomic E-state index is 5.61. The van der Waals surface area contributed by atoms with Crippen LogP contribution in [0, 0.1) is 6.92 Å². The molecule has 1 radical (unpaired) electrons. The van der Waals surface area contributed by atoms with Gasteiger partial charge in [-0.15, -0.1) is 0 Å². The van der Waals surface area contributed by atoms with E-state index in [-0.39, 0.29) is 0 Å². The van der Waals surface area contributed by atoms with Gasteiger partial charge in [-0.2, -0.15) is 0 Å². The maximum Gasteiger partial charge on any atom is 0.774 e. The molecule has 0 saturated heterocycles. The highest BCUT2D eigenvalue weighted by Gasteiger charge is 2.06. The number of hydrogen-bond donors (Lipinski definition) is 0. The maximum atomic E-state index is 5.61. The zero-order valence-electron chi connectivity index (χ0n) is 9.43. The minimum Gasteiger partial charge on any atom is -0.624 e. The van der Waals surface area contributed by atoms with E-state index in [4.69, 9.17) is 7.58 Å². The summed E-state index contributed by atoms with van der Waals surface area (Å²) in [5.74, 6) is 0.810. The second-order valence-electron chi connectivity index (χ2n) is 3.45. The fourth-order valence-corrected chi connectivity index (χ4v) is 1.96. The Morgan fingerprint density at radius 3 is 2.94 bits per heavy atom. The molecule has 0 bridgehead atoms. The first kappa shape index (κ1) is 11.4. The fourth-order valence-electron chi connectivity index (χ4n) is 1.47. The van der Waals surface area contributed by atoms with Crippen molar-refractivity contribution >= 4 is 26.8 Å². The average Bonchev–Trinajstić information content (AvgIpc) is 2.30. The first-order chi connectivity index (χ1) is 7.81. The summed E-state index contributed by atoms with van der Waals surface area (Å²) in [6.45, 7) is 4.63. The smallest absolute Gasteiger partial charge is 0.624 e. The van der Waals surface area contributed by atoms with Crippen LogP contribution in [0.1, 0.15) is 12.6 Å². The lowest BCUT2D eigenvalue weighted by Crippen LogP contribution is -2.07. The molecule has 0 aliphatic heterocycles. The van der Waals surface area contributed by atoms with E-state index in [1.54, 1.807) is 0 Å². The van der Waals surface area contributed by atoms with Crippen LogP contribution in [0.2, 0.25) is 0 Å². The van der Waals surface area contributed by atoms with Crippen molar-refractivity contribution in [3.05, 3.63) is 36.0 Å². The van der Waals surface area contributed by atoms with Gasteiger partial charge in [-0.25, -0.2) is 4.98 Å². The Morgan fingerprint density at radius 2 is 2.12 bits per heavy atom. The van der Waals surface area contributed by atoms with Gasteiger partial charge in [0.2, 0.25) is 0 Å². The third kappa shape index (κ3) is 2.53. The molecule has 3 nitrogen and oxygen atoms in total. The molecule has 0 amide bonds. The number of aryl methyl sites for hydroxylation is 1. The number of nitrogens with zero attached hydrogens (tertiary/aromatic N) is 1. The van der Waals surface area contributed by atoms with Crippen LogP contribution in [-0.4, -0.2) is 27.5 Å². The van der Waals surface area contributed by atoms with Gasteiger partial charge >= 0.3 is 15.9 Å². The lowest BCUT2D eigenvalue weighted by Gasteiger charge is -2.08. The third-order valence-electron chi connectivity index (χ3n) is 2.23. The zero-order chi connectivity index (χ0) is 11.4. The van der Waals surface area contributed by atoms with E-state index in [2.05, 4.69) is 11.1 Å². The Hall–Kier alpha value is -1.08. The Kier molecular flexibility index (Phi) is 3.79. The van der Waals surface area contributed by atoms with Crippen LogP contribution < -0.4 is 3.79 Å². The van der Waals surface area contributed by atoms with Crippen molar-refractivity contribution in [1.82, 2.24) is 4.98 Å². The molecule has 0 fully saturated rings. The Balaban J connectivity index is 2.32. The lowest BCUT2D eigenvalue weighted by molar-refractivity contribution is 0.308. The van der Waals surface area contributed by atoms with Crippen LogP contribution in [0.15, 0.2) is 30.3 Å². The Labute approximate surface area is 102 Å². The van der Waals surface area contributed by atoms with Crippen molar-refractivity contribution < 1.29 is 7.58 Å². The van der Waals surface area contributed by atoms with E-state index >= 15 is 0 Å². The van der Waals surface area contributed by atoms with Gasteiger partial charge in [-0.3, -0.25) is 0 Å². The number of pyridine rings is 1. The van der Waals surface area contributed by atoms with Crippen LogP contribution in [0.25, 0.3) is 10.9 Å². The molecule has 81 valence electrons. The van der Waals surface area contributed by atoms with Gasteiger partial charge in [0.15, 0.2) is 0 Å². The normalized spacial score (nSPS) is 10.4. The highest BCUT2D eigenvalue weighted by Crippen LogP contribution is 2.23. The molecular weight excluding hydrogens is 217 g/mol. The van der Waals surface area contributed by atoms with Gasteiger partial charge < -0.3 is 7.58 Å². The summed E-state index contributed by atoms with van der Waals surface area (Å²) >= 11 is -0.449. The quantitative estimate of drug-likeness (QED) is 0.597. The largest absolute Gasteiger partial charge is 0.774 e. The monoisotopic (exact) mass is 230 g/mol. The van der Waals surface area contributed by atoms with E-state index in [0.29, 0.717) is 6.61 Å². The van der Waals surface area contributed by atoms with E-state index in [0.717, 1.165) is 22.3 Å². The van der Waals surface area contributed by atoms with Gasteiger partial charge in [0.25, 0.3) is 0 Å². The molecule has 0 N–H and O–H groups in total. The summed E-state index contributed by atoms with van der Waals surface area (Å²) in [5.41, 5.74) is 1.91. The number of fused-ring (bicyclic) bond motifs is 1. The molecule has 4 heteroatoms. The molecular formula is C12H13AlNO2. The van der Waals surface area contributed by atoms with Crippen molar-refractivity contribution in [2.45, 2.75) is 13.8 Å². The molecule has 0 saturated carbocycles. The standard InChI is InChI=1S/C10H9NO.C2H5O.Al/c1-7-5-6-8-3-2-4-9(12)10(8)11-7;1-2-3;/h2-6,12H,1H3;2H2,1H3;/q;-1;+2/p-1. The topological polar surface area (TPSA) is 31.4 Å². The number of rotatable bonds is 4. The van der Waals surface area contributed by atoms with E-state index in [9.17, 15) is 0 Å². The number of aromatic nitrogens is 1. The summed E-state index contributed by atoms with van der Waals surface area (Å²) < 4.78 is 10.9. The van der Waals surface area contributed by atoms with Gasteiger partial charge in [0.05, 0.1) is 0 Å². The molecule has 0 spiro atoms. The summed E-state index contributed by atoms with van der Waals surface area (Å²) in [6, 6.07) is 9.99. The highest BCUT2D eigenvalue weighted by atomic mass is 27.2. The van der Waals surface area contributed by atoms with Crippen LogP contribution in [0.4, 0.5) is 0 Å². The molecule has 0 unspecified atom stereocenters. The molecule has 16 heavy (non-hydrogen) atoms. The van der Waals surface area contributed by atoms with Crippen molar-refractivity contribution in [1.29, 1.82) is 0 Å². The number of para-hydroxylation sites is 1. The number of benzene rings is 1. The van der Waals surface area contributed by atoms with Gasteiger partial charge in [-0.05, 0) is 26.0 Å². The van der Waals surface area contributed by atoms with Crippen molar-refractivity contribution in [2.75, 3.05) is 6.61 Å². The zero-order valence-corrected chi connectivity index (χ0v) is 10.6. The Morgan fingerprint density at radius 1 is 1.25 bits per heavy atom. The van der Waals surface area contributed by atoms with Gasteiger partial charge in [-0.1, -0.05) is 18.2 Å². The summed E-state index contributed by atoms with van der Waals surface area (Å²) in [4.78, 5) is 4.49. The van der Waals surface area contributed by atoms with Gasteiger partial charge in [0.1, 0.15) is 11.3 Å². The number of hydrogen-bond acceptors (Lipinski definition) is 3. The molecule has 2 rings (SSSR count). The molecule has 1 heterocycles. The van der Waals surface area contributed by atoms with Crippen molar-refractivity contribution in [2.24, 2.45) is 0 Å². The fraction of sp³-hybridized carbons (Fsp3) is 0.250. The molecule has 0 atom stereocenters. The third-order valence-corrected chi connectivity index (χ3v) is 3.05. The molecule has 0 aliphatic rings. The summed E-state index contributed by atoms with van der Waals surface area (Å²) in [5, 5.41) is 1.10. The first-order valence-corrected chi connectivity index (χ1v) is 6.22. The van der Waals surface area contributed by atoms with E-state index < -0.39 is 15.9 Å². The SMILES string of the molecule is CC[O][Al][O]c1cccc2ccc(C)nc12. The molecule has 2 aromatic rings. The Bertz CT molecular complexity index is 487. The average molecular weight is 230 g/mol. The van der Waals surface area contributed by atoms with Crippen LogP contribution in [0.3, 0.4) is 0 Å². The van der Waals surface area contributed by atoms with Crippen molar-refractivity contribution in [3.8, 4) is 5.75 Å². The van der Waals surface area contributed by atoms with Crippen molar-refractivity contribution in [3.63, 3.8) is 0 Å². The van der Waals surface area contributed by atoms with Gasteiger partial charge in [0, 0.05) is 17.7 Å². The summed E-state index contributed by atoms with van der Waals surface area (Å²) in [7, 11) is 0. The minimum absolute atomic E-state index is 0.449. The second kappa shape index (κ2) is 5.31. The lowest BCUT2D eigenvalue weighted by atomic mass is 10.2. The van der Waals surface area contributed by atoms with Crippen LogP contribution >= 0.6 is 0 Å². The minimum atomic E-state index is -0.449. The predicted molar refractivity (Wildman–Crippen MR) is 64.5 cm³/mol. The molecule has 0 aliphatic carbocycles. The first-order valence-electron chi connectivity index (χ1n) is 5.27. The van der Waals surface area contributed by atoms with Crippen LogP contribution in [0.5, 0.6) is 5.75 Å². The summed E-state index contributed by atoms with van der Waals surface area (Å²) in [6.07, 6.45) is 0. The molecule has 1 aromatic carbocycles. The van der Waals surface area contributed by atoms with E-state index in [1.165, 1.54) is 0 Å². The van der Waals surface area contributed by atoms with E-state index in [1.807, 2.05) is 38.1 Å². The highest BCUT2D eigenvalue weighted by molar-refractivity contribution is 6.19. The second-order valence-corrected chi connectivity index (χ2v) is 4.21. The van der Waals surface area contributed by atoms with Crippen LogP contribution in [-0.2, 0) is 3.79 Å². The molecule has 1 aromatic heterocycles. The predicted octanol–water partition coefficient (Wildman–Crippen LogP) is 2.49.